The van der Waals surface area contributed by atoms with Crippen LogP contribution in [0.3, 0.4) is 0 Å². The maximum absolute atomic E-state index is 12.4. The van der Waals surface area contributed by atoms with Crippen LogP contribution in [0.4, 0.5) is 0 Å². The number of hydrogen-bond acceptors (Lipinski definition) is 4. The third-order valence-corrected chi connectivity index (χ3v) is 4.65. The van der Waals surface area contributed by atoms with Gasteiger partial charge in [0, 0.05) is 13.0 Å². The minimum atomic E-state index is -0.134. The summed E-state index contributed by atoms with van der Waals surface area (Å²) in [7, 11) is 2.01. The lowest BCUT2D eigenvalue weighted by Gasteiger charge is -2.24. The van der Waals surface area contributed by atoms with Crippen molar-refractivity contribution in [3.63, 3.8) is 0 Å². The molecular formula is C18H24N4O2. The SMILES string of the molecule is CN1CCCCCC1C(=O)NCCc1nc2ccccc2c(=O)[nH]1. The molecule has 1 amide bonds. The number of hydrogen-bond donors (Lipinski definition) is 2. The highest BCUT2D eigenvalue weighted by Gasteiger charge is 2.24. The molecule has 0 saturated carbocycles. The van der Waals surface area contributed by atoms with E-state index in [1.165, 1.54) is 6.42 Å². The number of fused-ring (bicyclic) bond motifs is 1. The number of aromatic amines is 1. The molecule has 0 aliphatic carbocycles. The molecule has 1 aliphatic heterocycles. The first kappa shape index (κ1) is 16.6. The van der Waals surface area contributed by atoms with Crippen LogP contribution < -0.4 is 10.9 Å². The van der Waals surface area contributed by atoms with Crippen molar-refractivity contribution in [2.45, 2.75) is 38.1 Å². The number of para-hydroxylation sites is 1. The smallest absolute Gasteiger partial charge is 0.258 e. The Hall–Kier alpha value is -2.21. The van der Waals surface area contributed by atoms with Crippen LogP contribution in [0.15, 0.2) is 29.1 Å². The summed E-state index contributed by atoms with van der Waals surface area (Å²) in [6.45, 7) is 1.45. The first-order valence-electron chi connectivity index (χ1n) is 8.61. The first-order valence-corrected chi connectivity index (χ1v) is 8.61. The predicted octanol–water partition coefficient (Wildman–Crippen LogP) is 1.46. The molecule has 24 heavy (non-hydrogen) atoms. The van der Waals surface area contributed by atoms with Gasteiger partial charge in [0.2, 0.25) is 5.91 Å². The molecule has 0 radical (unpaired) electrons. The Morgan fingerprint density at radius 2 is 2.17 bits per heavy atom. The maximum atomic E-state index is 12.4. The molecular weight excluding hydrogens is 304 g/mol. The van der Waals surface area contributed by atoms with Crippen molar-refractivity contribution in [1.82, 2.24) is 20.2 Å². The summed E-state index contributed by atoms with van der Waals surface area (Å²) in [5.74, 6) is 0.677. The van der Waals surface area contributed by atoms with Crippen LogP contribution in [0, 0.1) is 0 Å². The second kappa shape index (κ2) is 7.57. The van der Waals surface area contributed by atoms with Crippen LogP contribution in [-0.4, -0.2) is 47.0 Å². The summed E-state index contributed by atoms with van der Waals surface area (Å²) in [6.07, 6.45) is 4.87. The highest BCUT2D eigenvalue weighted by molar-refractivity contribution is 5.81. The number of amides is 1. The number of aromatic nitrogens is 2. The Balaban J connectivity index is 1.60. The molecule has 1 unspecified atom stereocenters. The average Bonchev–Trinajstić information content (AvgIpc) is 2.79. The van der Waals surface area contributed by atoms with Crippen LogP contribution >= 0.6 is 0 Å². The van der Waals surface area contributed by atoms with Gasteiger partial charge in [0.05, 0.1) is 16.9 Å². The molecule has 0 spiro atoms. The van der Waals surface area contributed by atoms with E-state index in [-0.39, 0.29) is 17.5 Å². The van der Waals surface area contributed by atoms with Crippen molar-refractivity contribution in [3.05, 3.63) is 40.4 Å². The zero-order valence-electron chi connectivity index (χ0n) is 14.0. The number of carbonyl (C=O) groups excluding carboxylic acids is 1. The highest BCUT2D eigenvalue weighted by atomic mass is 16.2. The van der Waals surface area contributed by atoms with E-state index in [1.807, 2.05) is 25.2 Å². The molecule has 1 atom stereocenters. The molecule has 1 aromatic heterocycles. The zero-order valence-corrected chi connectivity index (χ0v) is 14.0. The van der Waals surface area contributed by atoms with Gasteiger partial charge in [-0.05, 0) is 38.6 Å². The Bertz CT molecular complexity index is 771. The Labute approximate surface area is 141 Å². The number of carbonyl (C=O) groups is 1. The second-order valence-corrected chi connectivity index (χ2v) is 6.42. The van der Waals surface area contributed by atoms with Gasteiger partial charge in [-0.25, -0.2) is 4.98 Å². The van der Waals surface area contributed by atoms with Crippen LogP contribution in [0.1, 0.15) is 31.5 Å². The van der Waals surface area contributed by atoms with E-state index in [4.69, 9.17) is 0 Å². The molecule has 1 aromatic carbocycles. The highest BCUT2D eigenvalue weighted by Crippen LogP contribution is 2.15. The van der Waals surface area contributed by atoms with Gasteiger partial charge < -0.3 is 10.3 Å². The van der Waals surface area contributed by atoms with Crippen molar-refractivity contribution in [3.8, 4) is 0 Å². The van der Waals surface area contributed by atoms with E-state index >= 15 is 0 Å². The summed E-state index contributed by atoms with van der Waals surface area (Å²) in [4.78, 5) is 33.8. The fourth-order valence-electron chi connectivity index (χ4n) is 3.26. The van der Waals surface area contributed by atoms with E-state index in [9.17, 15) is 9.59 Å². The van der Waals surface area contributed by atoms with Gasteiger partial charge in [-0.3, -0.25) is 14.5 Å². The van der Waals surface area contributed by atoms with Gasteiger partial charge in [-0.1, -0.05) is 25.0 Å². The summed E-state index contributed by atoms with van der Waals surface area (Å²) >= 11 is 0. The van der Waals surface area contributed by atoms with Gasteiger partial charge in [-0.15, -0.1) is 0 Å². The quantitative estimate of drug-likeness (QED) is 0.890. The number of rotatable bonds is 4. The third kappa shape index (κ3) is 3.82. The molecule has 2 aromatic rings. The van der Waals surface area contributed by atoms with Crippen LogP contribution in [-0.2, 0) is 11.2 Å². The number of likely N-dealkylation sites (N-methyl/N-ethyl adjacent to an activating group) is 1. The number of likely N-dealkylation sites (tertiary alicyclic amines) is 1. The van der Waals surface area contributed by atoms with Crippen LogP contribution in [0.5, 0.6) is 0 Å². The van der Waals surface area contributed by atoms with E-state index < -0.39 is 0 Å². The van der Waals surface area contributed by atoms with Gasteiger partial charge in [0.25, 0.3) is 5.56 Å². The molecule has 0 bridgehead atoms. The normalized spacial score (nSPS) is 19.1. The summed E-state index contributed by atoms with van der Waals surface area (Å²) < 4.78 is 0. The summed E-state index contributed by atoms with van der Waals surface area (Å²) in [6, 6.07) is 7.22. The van der Waals surface area contributed by atoms with Crippen molar-refractivity contribution in [1.29, 1.82) is 0 Å². The first-order chi connectivity index (χ1) is 11.6. The Morgan fingerprint density at radius 3 is 3.04 bits per heavy atom. The van der Waals surface area contributed by atoms with Crippen molar-refractivity contribution < 1.29 is 4.79 Å². The van der Waals surface area contributed by atoms with Crippen molar-refractivity contribution in [2.24, 2.45) is 0 Å². The average molecular weight is 328 g/mol. The number of benzene rings is 1. The van der Waals surface area contributed by atoms with E-state index in [0.717, 1.165) is 25.8 Å². The van der Waals surface area contributed by atoms with E-state index in [2.05, 4.69) is 20.2 Å². The lowest BCUT2D eigenvalue weighted by molar-refractivity contribution is -0.126. The molecule has 128 valence electrons. The number of H-pyrrole nitrogens is 1. The predicted molar refractivity (Wildman–Crippen MR) is 94.0 cm³/mol. The topological polar surface area (TPSA) is 78.1 Å². The van der Waals surface area contributed by atoms with Gasteiger partial charge >= 0.3 is 0 Å². The zero-order chi connectivity index (χ0) is 16.9. The van der Waals surface area contributed by atoms with E-state index in [0.29, 0.717) is 29.7 Å². The monoisotopic (exact) mass is 328 g/mol. The Morgan fingerprint density at radius 1 is 1.33 bits per heavy atom. The van der Waals surface area contributed by atoms with Gasteiger partial charge in [-0.2, -0.15) is 0 Å². The molecule has 6 nitrogen and oxygen atoms in total. The molecule has 1 saturated heterocycles. The summed E-state index contributed by atoms with van der Waals surface area (Å²) in [5, 5.41) is 3.57. The van der Waals surface area contributed by atoms with Crippen LogP contribution in [0.2, 0.25) is 0 Å². The van der Waals surface area contributed by atoms with Crippen LogP contribution in [0.25, 0.3) is 10.9 Å². The standard InChI is InChI=1S/C18H24N4O2/c1-22-12-6-2-3-9-15(22)18(24)19-11-10-16-20-14-8-5-4-7-13(14)17(23)21-16/h4-5,7-8,15H,2-3,6,9-12H2,1H3,(H,19,24)(H,20,21,23). The van der Waals surface area contributed by atoms with E-state index in [1.54, 1.807) is 6.07 Å². The van der Waals surface area contributed by atoms with Gasteiger partial charge in [0.15, 0.2) is 0 Å². The maximum Gasteiger partial charge on any atom is 0.258 e. The second-order valence-electron chi connectivity index (χ2n) is 6.42. The fraction of sp³-hybridized carbons (Fsp3) is 0.500. The molecule has 1 fully saturated rings. The number of nitrogens with one attached hydrogen (secondary N) is 2. The minimum absolute atomic E-state index is 0.0453. The van der Waals surface area contributed by atoms with Crippen molar-refractivity contribution in [2.75, 3.05) is 20.1 Å². The van der Waals surface area contributed by atoms with Gasteiger partial charge in [0.1, 0.15) is 5.82 Å². The molecule has 1 aliphatic rings. The molecule has 2 N–H and O–H groups in total. The van der Waals surface area contributed by atoms with Crippen molar-refractivity contribution >= 4 is 16.8 Å². The molecule has 2 heterocycles. The third-order valence-electron chi connectivity index (χ3n) is 4.65. The summed E-state index contributed by atoms with van der Waals surface area (Å²) in [5.41, 5.74) is 0.552. The lowest BCUT2D eigenvalue weighted by atomic mass is 10.1. The molecule has 3 rings (SSSR count). The minimum Gasteiger partial charge on any atom is -0.354 e. The largest absolute Gasteiger partial charge is 0.354 e. The number of nitrogens with zero attached hydrogens (tertiary/aromatic N) is 2. The fourth-order valence-corrected chi connectivity index (χ4v) is 3.26. The lowest BCUT2D eigenvalue weighted by Crippen LogP contribution is -2.45. The Kier molecular flexibility index (Phi) is 5.25. The molecule has 6 heteroatoms.